The zero-order chi connectivity index (χ0) is 22.4. The van der Waals surface area contributed by atoms with Gasteiger partial charge in [-0.2, -0.15) is 0 Å². The quantitative estimate of drug-likeness (QED) is 0.794. The molecule has 0 aromatic heterocycles. The standard InChI is InChI=1S/C25H26FN3O3/c1-15-20(26)6-3-7-21(15)27-24(31)18-13-23(30)29(14-18)19-8-9-22-17(12-19)10-11-28(22)25(32)16-4-2-5-16/h3,6-9,12,16,18H,2,4-5,10-11,13-14H2,1H3,(H,27,31). The number of fused-ring (bicyclic) bond motifs is 1. The highest BCUT2D eigenvalue weighted by Gasteiger charge is 2.37. The molecule has 1 aliphatic carbocycles. The molecule has 1 unspecified atom stereocenters. The van der Waals surface area contributed by atoms with Gasteiger partial charge >= 0.3 is 0 Å². The van der Waals surface area contributed by atoms with Gasteiger partial charge in [-0.15, -0.1) is 0 Å². The molecule has 5 rings (SSSR count). The molecule has 2 fully saturated rings. The molecule has 3 amide bonds. The van der Waals surface area contributed by atoms with Crippen LogP contribution in [-0.2, 0) is 20.8 Å². The predicted octanol–water partition coefficient (Wildman–Crippen LogP) is 3.81. The first-order valence-electron chi connectivity index (χ1n) is 11.2. The monoisotopic (exact) mass is 435 g/mol. The van der Waals surface area contributed by atoms with E-state index < -0.39 is 5.92 Å². The van der Waals surface area contributed by atoms with Gasteiger partial charge in [-0.3, -0.25) is 14.4 Å². The third-order valence-corrected chi connectivity index (χ3v) is 7.01. The SMILES string of the molecule is Cc1c(F)cccc1NC(=O)C1CC(=O)N(c2ccc3c(c2)CCN3C(=O)C2CCC2)C1. The molecule has 0 radical (unpaired) electrons. The molecule has 2 aromatic rings. The average molecular weight is 435 g/mol. The van der Waals surface area contributed by atoms with E-state index in [-0.39, 0.29) is 42.4 Å². The lowest BCUT2D eigenvalue weighted by Crippen LogP contribution is -2.37. The Morgan fingerprint density at radius 3 is 2.69 bits per heavy atom. The molecule has 1 saturated heterocycles. The van der Waals surface area contributed by atoms with Crippen LogP contribution in [0.4, 0.5) is 21.5 Å². The molecular formula is C25H26FN3O3. The van der Waals surface area contributed by atoms with E-state index in [0.717, 1.165) is 42.6 Å². The summed E-state index contributed by atoms with van der Waals surface area (Å²) in [6.45, 7) is 2.57. The van der Waals surface area contributed by atoms with Crippen molar-refractivity contribution in [1.82, 2.24) is 0 Å². The fourth-order valence-electron chi connectivity index (χ4n) is 4.77. The van der Waals surface area contributed by atoms with Crippen molar-refractivity contribution in [2.45, 2.75) is 39.0 Å². The number of hydrogen-bond acceptors (Lipinski definition) is 3. The second-order valence-electron chi connectivity index (χ2n) is 8.99. The van der Waals surface area contributed by atoms with Gasteiger partial charge in [0.1, 0.15) is 5.82 Å². The zero-order valence-corrected chi connectivity index (χ0v) is 18.1. The van der Waals surface area contributed by atoms with Crippen LogP contribution in [0.5, 0.6) is 0 Å². The number of nitrogens with one attached hydrogen (secondary N) is 1. The van der Waals surface area contributed by atoms with Gasteiger partial charge in [0, 0.05) is 48.1 Å². The maximum Gasteiger partial charge on any atom is 0.230 e. The molecule has 32 heavy (non-hydrogen) atoms. The summed E-state index contributed by atoms with van der Waals surface area (Å²) in [5.74, 6) is -0.911. The number of amides is 3. The lowest BCUT2D eigenvalue weighted by atomic mass is 9.84. The largest absolute Gasteiger partial charge is 0.325 e. The van der Waals surface area contributed by atoms with Crippen LogP contribution in [0.3, 0.4) is 0 Å². The fraction of sp³-hybridized carbons (Fsp3) is 0.400. The Morgan fingerprint density at radius 2 is 1.94 bits per heavy atom. The Hall–Kier alpha value is -3.22. The first kappa shape index (κ1) is 20.7. The van der Waals surface area contributed by atoms with Gasteiger partial charge in [0.2, 0.25) is 17.7 Å². The minimum atomic E-state index is -0.505. The predicted molar refractivity (Wildman–Crippen MR) is 120 cm³/mol. The normalized spacial score (nSPS) is 20.3. The number of carbonyl (C=O) groups excluding carboxylic acids is 3. The molecular weight excluding hydrogens is 409 g/mol. The van der Waals surface area contributed by atoms with Crippen molar-refractivity contribution in [3.05, 3.63) is 53.3 Å². The highest BCUT2D eigenvalue weighted by atomic mass is 19.1. The first-order chi connectivity index (χ1) is 15.4. The van der Waals surface area contributed by atoms with Crippen molar-refractivity contribution in [2.75, 3.05) is 28.2 Å². The van der Waals surface area contributed by atoms with E-state index in [0.29, 0.717) is 17.8 Å². The lowest BCUT2D eigenvalue weighted by molar-refractivity contribution is -0.124. The number of anilines is 3. The average Bonchev–Trinajstić information content (AvgIpc) is 3.33. The lowest BCUT2D eigenvalue weighted by Gasteiger charge is -2.29. The van der Waals surface area contributed by atoms with Gasteiger partial charge in [-0.1, -0.05) is 12.5 Å². The zero-order valence-electron chi connectivity index (χ0n) is 18.1. The van der Waals surface area contributed by atoms with Gasteiger partial charge in [0.15, 0.2) is 0 Å². The molecule has 7 heteroatoms. The fourth-order valence-corrected chi connectivity index (χ4v) is 4.77. The smallest absolute Gasteiger partial charge is 0.230 e. The Balaban J connectivity index is 1.29. The highest BCUT2D eigenvalue weighted by molar-refractivity contribution is 6.04. The number of benzene rings is 2. The van der Waals surface area contributed by atoms with Gasteiger partial charge in [-0.25, -0.2) is 4.39 Å². The summed E-state index contributed by atoms with van der Waals surface area (Å²) in [6.07, 6.45) is 3.96. The van der Waals surface area contributed by atoms with E-state index >= 15 is 0 Å². The van der Waals surface area contributed by atoms with Crippen molar-refractivity contribution < 1.29 is 18.8 Å². The summed E-state index contributed by atoms with van der Waals surface area (Å²) in [7, 11) is 0. The summed E-state index contributed by atoms with van der Waals surface area (Å²) in [5.41, 5.74) is 3.56. The van der Waals surface area contributed by atoms with Crippen LogP contribution in [0.1, 0.15) is 36.8 Å². The molecule has 6 nitrogen and oxygen atoms in total. The molecule has 2 heterocycles. The van der Waals surface area contributed by atoms with Crippen LogP contribution in [0.15, 0.2) is 36.4 Å². The Morgan fingerprint density at radius 1 is 1.12 bits per heavy atom. The van der Waals surface area contributed by atoms with Crippen molar-refractivity contribution in [3.8, 4) is 0 Å². The molecule has 2 aromatic carbocycles. The third-order valence-electron chi connectivity index (χ3n) is 7.01. The highest BCUT2D eigenvalue weighted by Crippen LogP contribution is 2.37. The molecule has 166 valence electrons. The van der Waals surface area contributed by atoms with Gasteiger partial charge < -0.3 is 15.1 Å². The van der Waals surface area contributed by atoms with Crippen LogP contribution in [0.25, 0.3) is 0 Å². The van der Waals surface area contributed by atoms with Crippen LogP contribution < -0.4 is 15.1 Å². The second-order valence-corrected chi connectivity index (χ2v) is 8.99. The molecule has 1 saturated carbocycles. The first-order valence-corrected chi connectivity index (χ1v) is 11.2. The van der Waals surface area contributed by atoms with E-state index in [1.165, 1.54) is 6.07 Å². The number of nitrogens with zero attached hydrogens (tertiary/aromatic N) is 2. The van der Waals surface area contributed by atoms with Crippen LogP contribution in [-0.4, -0.2) is 30.8 Å². The Labute approximate surface area is 186 Å². The maximum atomic E-state index is 13.8. The van der Waals surface area contributed by atoms with Gasteiger partial charge in [-0.05, 0) is 62.1 Å². The third kappa shape index (κ3) is 3.55. The summed E-state index contributed by atoms with van der Waals surface area (Å²) in [5, 5.41) is 2.77. The van der Waals surface area contributed by atoms with Crippen molar-refractivity contribution >= 4 is 34.8 Å². The van der Waals surface area contributed by atoms with E-state index in [2.05, 4.69) is 5.32 Å². The molecule has 3 aliphatic rings. The number of halogens is 1. The Bertz CT molecular complexity index is 1110. The van der Waals surface area contributed by atoms with Crippen LogP contribution >= 0.6 is 0 Å². The minimum absolute atomic E-state index is 0.110. The van der Waals surface area contributed by atoms with Crippen molar-refractivity contribution in [3.63, 3.8) is 0 Å². The number of hydrogen-bond donors (Lipinski definition) is 1. The van der Waals surface area contributed by atoms with E-state index in [4.69, 9.17) is 0 Å². The van der Waals surface area contributed by atoms with E-state index in [9.17, 15) is 18.8 Å². The number of rotatable bonds is 4. The van der Waals surface area contributed by atoms with Gasteiger partial charge in [0.25, 0.3) is 0 Å². The summed E-state index contributed by atoms with van der Waals surface area (Å²) < 4.78 is 13.8. The summed E-state index contributed by atoms with van der Waals surface area (Å²) >= 11 is 0. The number of carbonyl (C=O) groups is 3. The Kier molecular flexibility index (Phi) is 5.19. The van der Waals surface area contributed by atoms with Crippen molar-refractivity contribution in [2.24, 2.45) is 11.8 Å². The van der Waals surface area contributed by atoms with E-state index in [1.54, 1.807) is 24.0 Å². The summed E-state index contributed by atoms with van der Waals surface area (Å²) in [6, 6.07) is 10.3. The van der Waals surface area contributed by atoms with Crippen molar-refractivity contribution in [1.29, 1.82) is 0 Å². The molecule has 0 bridgehead atoms. The maximum absolute atomic E-state index is 13.8. The van der Waals surface area contributed by atoms with E-state index in [1.807, 2.05) is 23.1 Å². The molecule has 2 aliphatic heterocycles. The molecule has 1 N–H and O–H groups in total. The minimum Gasteiger partial charge on any atom is -0.325 e. The topological polar surface area (TPSA) is 69.7 Å². The van der Waals surface area contributed by atoms with Crippen LogP contribution in [0, 0.1) is 24.6 Å². The van der Waals surface area contributed by atoms with Crippen LogP contribution in [0.2, 0.25) is 0 Å². The molecule has 1 atom stereocenters. The summed E-state index contributed by atoms with van der Waals surface area (Å²) in [4.78, 5) is 41.6. The van der Waals surface area contributed by atoms with Gasteiger partial charge in [0.05, 0.1) is 5.92 Å². The second kappa shape index (κ2) is 8.04. The molecule has 0 spiro atoms.